The van der Waals surface area contributed by atoms with Gasteiger partial charge in [0, 0.05) is 86.3 Å². The molecule has 5 heavy (non-hydrogen) atoms. The third-order valence-electron chi connectivity index (χ3n) is 0. The van der Waals surface area contributed by atoms with E-state index < -0.39 is 0 Å². The van der Waals surface area contributed by atoms with Gasteiger partial charge >= 0.3 is 0 Å². The summed E-state index contributed by atoms with van der Waals surface area (Å²) in [6.07, 6.45) is 0. The molecule has 5 heteroatoms. The molecular formula is CoLiMn2Ni. The second kappa shape index (κ2) is 30.3. The molecule has 0 rings (SSSR count). The molecule has 0 aliphatic heterocycles. The Morgan fingerprint density at radius 2 is 0.800 bits per heavy atom. The van der Waals surface area contributed by atoms with E-state index in [2.05, 4.69) is 0 Å². The Labute approximate surface area is 85.2 Å². The summed E-state index contributed by atoms with van der Waals surface area (Å²) in [5, 5.41) is 0. The summed E-state index contributed by atoms with van der Waals surface area (Å²) in [5.41, 5.74) is 0. The maximum absolute atomic E-state index is 0. The van der Waals surface area contributed by atoms with E-state index >= 15 is 0 Å². The van der Waals surface area contributed by atoms with Gasteiger partial charge in [-0.25, -0.2) is 0 Å². The Balaban J connectivity index is 0. The van der Waals surface area contributed by atoms with Gasteiger partial charge in [-0.1, -0.05) is 0 Å². The van der Waals surface area contributed by atoms with Crippen molar-refractivity contribution in [3.05, 3.63) is 0 Å². The molecule has 0 aliphatic carbocycles. The predicted molar refractivity (Wildman–Crippen MR) is 5.75 cm³/mol. The van der Waals surface area contributed by atoms with Gasteiger partial charge in [0.1, 0.15) is 0 Å². The molecule has 0 nitrogen and oxygen atoms in total. The SMILES string of the molecule is [Co].[Li].[Mn].[Mn].[Ni]. The van der Waals surface area contributed by atoms with Crippen LogP contribution in [0.2, 0.25) is 0 Å². The first-order valence-electron chi connectivity index (χ1n) is 0. The zero-order chi connectivity index (χ0) is 0. The molecule has 4 radical (unpaired) electrons. The van der Waals surface area contributed by atoms with Gasteiger partial charge in [-0.2, -0.15) is 0 Å². The zero-order valence-corrected chi connectivity index (χ0v) is 6.79. The van der Waals surface area contributed by atoms with Gasteiger partial charge in [0.2, 0.25) is 0 Å². The third-order valence-corrected chi connectivity index (χ3v) is 0. The first kappa shape index (κ1) is 48.4. The summed E-state index contributed by atoms with van der Waals surface area (Å²) in [6, 6.07) is 0. The van der Waals surface area contributed by atoms with Crippen molar-refractivity contribution in [1.29, 1.82) is 0 Å². The molecule has 0 aromatic carbocycles. The van der Waals surface area contributed by atoms with Crippen LogP contribution in [0.4, 0.5) is 0 Å². The standard InChI is InChI=1S/Co.Li.2Mn.Ni. The van der Waals surface area contributed by atoms with Crippen LogP contribution in [0, 0.1) is 0 Å². The van der Waals surface area contributed by atoms with Crippen LogP contribution < -0.4 is 0 Å². The summed E-state index contributed by atoms with van der Waals surface area (Å²) in [5.74, 6) is 0. The van der Waals surface area contributed by atoms with E-state index in [1.54, 1.807) is 0 Å². The molecule has 0 unspecified atom stereocenters. The monoisotopic (exact) mass is 234 g/mol. The summed E-state index contributed by atoms with van der Waals surface area (Å²) >= 11 is 0. The molecule has 0 saturated carbocycles. The fourth-order valence-electron chi connectivity index (χ4n) is 0. The minimum atomic E-state index is 0. The van der Waals surface area contributed by atoms with Crippen molar-refractivity contribution in [1.82, 2.24) is 0 Å². The second-order valence-corrected chi connectivity index (χ2v) is 0. The Hall–Kier alpha value is 2.64. The molecule has 0 spiro atoms. The van der Waals surface area contributed by atoms with Gasteiger partial charge in [-0.3, -0.25) is 0 Å². The van der Waals surface area contributed by atoms with Gasteiger partial charge in [0.15, 0.2) is 0 Å². The van der Waals surface area contributed by atoms with Crippen molar-refractivity contribution in [2.24, 2.45) is 0 Å². The van der Waals surface area contributed by atoms with Crippen LogP contribution in [0.15, 0.2) is 0 Å². The van der Waals surface area contributed by atoms with E-state index in [4.69, 9.17) is 0 Å². The van der Waals surface area contributed by atoms with Crippen molar-refractivity contribution in [3.63, 3.8) is 0 Å². The molecule has 0 fully saturated rings. The Morgan fingerprint density at radius 1 is 0.800 bits per heavy atom. The van der Waals surface area contributed by atoms with Crippen LogP contribution in [0.5, 0.6) is 0 Å². The molecule has 0 atom stereocenters. The molecule has 0 aromatic heterocycles. The molecule has 0 aliphatic rings. The summed E-state index contributed by atoms with van der Waals surface area (Å²) in [7, 11) is 0. The van der Waals surface area contributed by atoms with Crippen molar-refractivity contribution < 1.29 is 67.4 Å². The van der Waals surface area contributed by atoms with Crippen molar-refractivity contribution in [2.75, 3.05) is 0 Å². The van der Waals surface area contributed by atoms with E-state index in [-0.39, 0.29) is 86.3 Å². The Bertz CT molecular complexity index is 9.61. The molecule has 0 saturated heterocycles. The minimum absolute atomic E-state index is 0. The number of hydrogen-bond acceptors (Lipinski definition) is 0. The van der Waals surface area contributed by atoms with E-state index in [1.807, 2.05) is 0 Å². The maximum Gasteiger partial charge on any atom is 0 e. The van der Waals surface area contributed by atoms with Crippen LogP contribution >= 0.6 is 0 Å². The molecule has 0 bridgehead atoms. The minimum Gasteiger partial charge on any atom is 0 e. The molecule has 0 N–H and O–H groups in total. The van der Waals surface area contributed by atoms with E-state index in [0.29, 0.717) is 0 Å². The summed E-state index contributed by atoms with van der Waals surface area (Å²) in [4.78, 5) is 0. The van der Waals surface area contributed by atoms with Crippen molar-refractivity contribution >= 4 is 18.9 Å². The predicted octanol–water partition coefficient (Wildman–Crippen LogP) is -0.391. The summed E-state index contributed by atoms with van der Waals surface area (Å²) < 4.78 is 0. The third kappa shape index (κ3) is 20.5. The summed E-state index contributed by atoms with van der Waals surface area (Å²) in [6.45, 7) is 0. The van der Waals surface area contributed by atoms with Crippen LogP contribution in [-0.4, -0.2) is 18.9 Å². The van der Waals surface area contributed by atoms with E-state index in [1.165, 1.54) is 0 Å². The number of rotatable bonds is 0. The van der Waals surface area contributed by atoms with Gasteiger partial charge in [0.05, 0.1) is 0 Å². The van der Waals surface area contributed by atoms with Crippen molar-refractivity contribution in [3.8, 4) is 0 Å². The fraction of sp³-hybridized carbons (Fsp3) is 0. The van der Waals surface area contributed by atoms with Crippen LogP contribution in [0.25, 0.3) is 0 Å². The van der Waals surface area contributed by atoms with E-state index in [0.717, 1.165) is 0 Å². The second-order valence-electron chi connectivity index (χ2n) is 0. The normalized spacial score (nSPS) is 0. The molecule has 0 aromatic rings. The van der Waals surface area contributed by atoms with Gasteiger partial charge in [0.25, 0.3) is 0 Å². The molecular weight excluding hydrogens is 234 g/mol. The van der Waals surface area contributed by atoms with Crippen LogP contribution in [0.3, 0.4) is 0 Å². The Kier molecular flexibility index (Phi) is 294. The Morgan fingerprint density at radius 3 is 0.800 bits per heavy atom. The average Bonchev–Trinajstić information content (AvgIpc) is 0. The molecule has 0 heterocycles. The quantitative estimate of drug-likeness (QED) is 0.501. The fourth-order valence-corrected chi connectivity index (χ4v) is 0. The van der Waals surface area contributed by atoms with E-state index in [9.17, 15) is 0 Å². The molecule has 34 valence electrons. The first-order chi connectivity index (χ1) is 0. The van der Waals surface area contributed by atoms with Gasteiger partial charge in [-0.05, 0) is 0 Å². The zero-order valence-electron chi connectivity index (χ0n) is 2.41. The van der Waals surface area contributed by atoms with Crippen LogP contribution in [-0.2, 0) is 67.4 Å². The van der Waals surface area contributed by atoms with Crippen LogP contribution in [0.1, 0.15) is 0 Å². The van der Waals surface area contributed by atoms with Gasteiger partial charge < -0.3 is 0 Å². The average molecular weight is 234 g/mol. The number of hydrogen-bond donors (Lipinski definition) is 0. The topological polar surface area (TPSA) is 0 Å². The smallest absolute Gasteiger partial charge is 0 e. The maximum atomic E-state index is 0. The molecule has 0 amide bonds. The van der Waals surface area contributed by atoms with Crippen molar-refractivity contribution in [2.45, 2.75) is 0 Å². The first-order valence-corrected chi connectivity index (χ1v) is 0. The largest absolute Gasteiger partial charge is 0 e. The van der Waals surface area contributed by atoms with Gasteiger partial charge in [-0.15, -0.1) is 0 Å².